The maximum Gasteiger partial charge on any atom is 0.156 e. The third-order valence-electron chi connectivity index (χ3n) is 5.83. The van der Waals surface area contributed by atoms with Crippen LogP contribution in [0.15, 0.2) is 42.9 Å². The van der Waals surface area contributed by atoms with Crippen LogP contribution < -0.4 is 4.90 Å². The number of nitrogens with zero attached hydrogens (tertiary/aromatic N) is 6. The van der Waals surface area contributed by atoms with Crippen LogP contribution in [0, 0.1) is 0 Å². The van der Waals surface area contributed by atoms with E-state index in [-0.39, 0.29) is 0 Å². The average molecular weight is 362 g/mol. The monoisotopic (exact) mass is 362 g/mol. The van der Waals surface area contributed by atoms with Gasteiger partial charge in [-0.1, -0.05) is 0 Å². The molecule has 2 saturated heterocycles. The van der Waals surface area contributed by atoms with Gasteiger partial charge < -0.3 is 4.90 Å². The minimum Gasteiger partial charge on any atom is -0.370 e. The zero-order valence-corrected chi connectivity index (χ0v) is 15.7. The summed E-state index contributed by atoms with van der Waals surface area (Å²) >= 11 is 0. The van der Waals surface area contributed by atoms with Gasteiger partial charge in [0.15, 0.2) is 11.5 Å². The molecule has 0 radical (unpaired) electrons. The number of rotatable bonds is 4. The van der Waals surface area contributed by atoms with E-state index in [0.717, 1.165) is 44.2 Å². The number of aromatic nitrogens is 4. The molecular weight excluding hydrogens is 336 g/mol. The highest BCUT2D eigenvalue weighted by Crippen LogP contribution is 2.27. The van der Waals surface area contributed by atoms with E-state index in [4.69, 9.17) is 10.1 Å². The summed E-state index contributed by atoms with van der Waals surface area (Å²) in [7, 11) is 0. The van der Waals surface area contributed by atoms with Crippen molar-refractivity contribution >= 4 is 11.3 Å². The largest absolute Gasteiger partial charge is 0.370 e. The second-order valence-corrected chi connectivity index (χ2v) is 7.78. The first-order valence-electron chi connectivity index (χ1n) is 10.1. The van der Waals surface area contributed by atoms with Crippen molar-refractivity contribution in [1.29, 1.82) is 0 Å². The molecule has 0 saturated carbocycles. The molecule has 5 heterocycles. The van der Waals surface area contributed by atoms with E-state index >= 15 is 0 Å². The van der Waals surface area contributed by atoms with E-state index in [9.17, 15) is 0 Å². The quantitative estimate of drug-likeness (QED) is 0.714. The van der Waals surface area contributed by atoms with Crippen LogP contribution in [0.25, 0.3) is 5.65 Å². The zero-order valence-electron chi connectivity index (χ0n) is 15.7. The molecule has 3 aromatic heterocycles. The molecule has 0 aliphatic carbocycles. The van der Waals surface area contributed by atoms with Gasteiger partial charge in [-0.05, 0) is 62.1 Å². The highest BCUT2D eigenvalue weighted by molar-refractivity contribution is 5.51. The van der Waals surface area contributed by atoms with Gasteiger partial charge in [-0.25, -0.2) is 9.50 Å². The van der Waals surface area contributed by atoms with Gasteiger partial charge in [0.05, 0.1) is 11.9 Å². The molecule has 0 amide bonds. The molecule has 0 aromatic carbocycles. The minimum atomic E-state index is 0.413. The van der Waals surface area contributed by atoms with E-state index in [1.54, 1.807) is 0 Å². The van der Waals surface area contributed by atoms with Gasteiger partial charge in [-0.2, -0.15) is 5.10 Å². The smallest absolute Gasteiger partial charge is 0.156 e. The van der Waals surface area contributed by atoms with Crippen LogP contribution in [0.4, 0.5) is 5.69 Å². The topological polar surface area (TPSA) is 49.6 Å². The Labute approximate surface area is 159 Å². The summed E-state index contributed by atoms with van der Waals surface area (Å²) in [6.07, 6.45) is 10.8. The van der Waals surface area contributed by atoms with Gasteiger partial charge in [0.2, 0.25) is 0 Å². The Bertz CT molecular complexity index is 899. The Morgan fingerprint density at radius 3 is 2.67 bits per heavy atom. The van der Waals surface area contributed by atoms with E-state index in [1.165, 1.54) is 36.9 Å². The van der Waals surface area contributed by atoms with Gasteiger partial charge in [0.1, 0.15) is 0 Å². The fourth-order valence-corrected chi connectivity index (χ4v) is 4.38. The van der Waals surface area contributed by atoms with Crippen molar-refractivity contribution < 1.29 is 0 Å². The van der Waals surface area contributed by atoms with Crippen molar-refractivity contribution in [2.45, 2.75) is 38.1 Å². The van der Waals surface area contributed by atoms with Crippen molar-refractivity contribution in [1.82, 2.24) is 24.5 Å². The van der Waals surface area contributed by atoms with Crippen LogP contribution in [0.5, 0.6) is 0 Å². The van der Waals surface area contributed by atoms with Crippen molar-refractivity contribution in [2.24, 2.45) is 0 Å². The fraction of sp³-hybridized carbons (Fsp3) is 0.476. The van der Waals surface area contributed by atoms with Gasteiger partial charge in [0.25, 0.3) is 0 Å². The molecule has 6 heteroatoms. The predicted molar refractivity (Wildman–Crippen MR) is 106 cm³/mol. The van der Waals surface area contributed by atoms with Crippen LogP contribution in [-0.2, 0) is 6.54 Å². The maximum absolute atomic E-state index is 4.85. The first-order valence-corrected chi connectivity index (χ1v) is 10.1. The predicted octanol–water partition coefficient (Wildman–Crippen LogP) is 3.10. The normalized spacial score (nSPS) is 21.2. The van der Waals surface area contributed by atoms with Crippen LogP contribution in [0.3, 0.4) is 0 Å². The van der Waals surface area contributed by atoms with E-state index < -0.39 is 0 Å². The Hall–Kier alpha value is -2.47. The molecule has 0 N–H and O–H groups in total. The van der Waals surface area contributed by atoms with Gasteiger partial charge in [-0.3, -0.25) is 9.88 Å². The molecule has 27 heavy (non-hydrogen) atoms. The number of anilines is 1. The third-order valence-corrected chi connectivity index (χ3v) is 5.83. The average Bonchev–Trinajstić information content (AvgIpc) is 3.38. The number of likely N-dealkylation sites (tertiary alicyclic amines) is 1. The number of hydrogen-bond acceptors (Lipinski definition) is 5. The maximum atomic E-state index is 4.85. The summed E-state index contributed by atoms with van der Waals surface area (Å²) in [5.74, 6) is 1.41. The zero-order chi connectivity index (χ0) is 18.1. The van der Waals surface area contributed by atoms with Gasteiger partial charge in [-0.15, -0.1) is 0 Å². The molecular formula is C21H26N6. The molecule has 0 spiro atoms. The van der Waals surface area contributed by atoms with Crippen molar-refractivity contribution in [2.75, 3.05) is 31.1 Å². The number of fused-ring (bicyclic) bond motifs is 1. The molecule has 0 unspecified atom stereocenters. The van der Waals surface area contributed by atoms with Crippen molar-refractivity contribution in [3.05, 3.63) is 54.2 Å². The molecule has 5 rings (SSSR count). The lowest BCUT2D eigenvalue weighted by atomic mass is 9.97. The van der Waals surface area contributed by atoms with Crippen LogP contribution >= 0.6 is 0 Å². The molecule has 3 aromatic rings. The van der Waals surface area contributed by atoms with E-state index in [2.05, 4.69) is 45.2 Å². The standard InChI is InChI=1S/C21H26N6/c1-2-13-26(12-1)19-5-6-20-23-21(24-27(20)16-19)18-4-3-11-25(15-18)14-17-7-9-22-10-8-17/h5-10,16,18H,1-4,11-15H2/t18-/m1/s1. The Morgan fingerprint density at radius 1 is 0.963 bits per heavy atom. The molecule has 2 fully saturated rings. The molecule has 2 aliphatic heterocycles. The van der Waals surface area contributed by atoms with Crippen LogP contribution in [0.1, 0.15) is 43.0 Å². The Balaban J connectivity index is 1.33. The Kier molecular flexibility index (Phi) is 4.49. The molecule has 1 atom stereocenters. The number of pyridine rings is 2. The SMILES string of the molecule is c1cc(CN2CCC[C@@H](c3nc4ccc(N5CCCC5)cn4n3)C2)ccn1. The summed E-state index contributed by atoms with van der Waals surface area (Å²) in [5.41, 5.74) is 3.54. The highest BCUT2D eigenvalue weighted by Gasteiger charge is 2.25. The summed E-state index contributed by atoms with van der Waals surface area (Å²) in [6, 6.07) is 8.51. The molecule has 6 nitrogen and oxygen atoms in total. The Morgan fingerprint density at radius 2 is 1.81 bits per heavy atom. The second kappa shape index (κ2) is 7.27. The number of hydrogen-bond donors (Lipinski definition) is 0. The third kappa shape index (κ3) is 3.54. The van der Waals surface area contributed by atoms with E-state index in [0.29, 0.717) is 5.92 Å². The van der Waals surface area contributed by atoms with Gasteiger partial charge in [0, 0.05) is 44.5 Å². The molecule has 0 bridgehead atoms. The summed E-state index contributed by atoms with van der Waals surface area (Å²) in [6.45, 7) is 5.45. The highest BCUT2D eigenvalue weighted by atomic mass is 15.3. The summed E-state index contributed by atoms with van der Waals surface area (Å²) < 4.78 is 1.98. The minimum absolute atomic E-state index is 0.413. The van der Waals surface area contributed by atoms with Crippen molar-refractivity contribution in [3.63, 3.8) is 0 Å². The van der Waals surface area contributed by atoms with Crippen LogP contribution in [-0.4, -0.2) is 50.7 Å². The first kappa shape index (κ1) is 16.7. The molecule has 140 valence electrons. The lowest BCUT2D eigenvalue weighted by Crippen LogP contribution is -2.34. The lowest BCUT2D eigenvalue weighted by molar-refractivity contribution is 0.196. The first-order chi connectivity index (χ1) is 13.3. The summed E-state index contributed by atoms with van der Waals surface area (Å²) in [4.78, 5) is 13.9. The summed E-state index contributed by atoms with van der Waals surface area (Å²) in [5, 5.41) is 4.85. The van der Waals surface area contributed by atoms with E-state index in [1.807, 2.05) is 16.9 Å². The van der Waals surface area contributed by atoms with Crippen LogP contribution in [0.2, 0.25) is 0 Å². The van der Waals surface area contributed by atoms with Crippen molar-refractivity contribution in [3.8, 4) is 0 Å². The lowest BCUT2D eigenvalue weighted by Gasteiger charge is -2.31. The number of piperidine rings is 1. The van der Waals surface area contributed by atoms with Gasteiger partial charge >= 0.3 is 0 Å². The molecule has 2 aliphatic rings. The fourth-order valence-electron chi connectivity index (χ4n) is 4.38. The second-order valence-electron chi connectivity index (χ2n) is 7.78.